The molecular weight excluding hydrogens is 57.7 g/mol. The van der Waals surface area contributed by atoms with Crippen LogP contribution in [0.1, 0.15) is 0 Å². The molecule has 1 rings (SSSR count). The first-order valence-corrected chi connectivity index (χ1v) is 1.67. The molecule has 0 bridgehead atoms. The average molecular weight is 60.7 g/mol. The Morgan fingerprint density at radius 3 is 2.40 bits per heavy atom. The Labute approximate surface area is 33.0 Å². The summed E-state index contributed by atoms with van der Waals surface area (Å²) in [6.07, 6.45) is 0. The second-order valence-electron chi connectivity index (χ2n) is 0.962. The Morgan fingerprint density at radius 1 is 1.20 bits per heavy atom. The topological polar surface area (TPSA) is 0 Å². The summed E-state index contributed by atoms with van der Waals surface area (Å²) in [4.78, 5) is 0. The van der Waals surface area contributed by atoms with Crippen molar-refractivity contribution in [3.8, 4) is 0 Å². The normalized spacial score (nSPS) is 14.4. The van der Waals surface area contributed by atoms with E-state index in [9.17, 15) is 0 Å². The molecule has 0 amide bonds. The summed E-state index contributed by atoms with van der Waals surface area (Å²) < 4.78 is 0. The molecule has 21 valence electrons. The third-order valence-electron chi connectivity index (χ3n) is 0.556. The molecule has 1 heterocycles. The Kier molecular flexibility index (Phi) is 0.737. The van der Waals surface area contributed by atoms with Crippen molar-refractivity contribution in [2.75, 3.05) is 0 Å². The fraction of sp³-hybridized carbons (Fsp3) is 0. The summed E-state index contributed by atoms with van der Waals surface area (Å²) in [5.74, 6) is 6.00. The fourth-order valence-corrected chi connectivity index (χ4v) is 0.321. The summed E-state index contributed by atoms with van der Waals surface area (Å²) >= 11 is 0. The monoisotopic (exact) mass is 61.0 g/mol. The van der Waals surface area contributed by atoms with Crippen molar-refractivity contribution in [2.45, 2.75) is 0 Å². The summed E-state index contributed by atoms with van der Waals surface area (Å²) in [5, 5.41) is 0. The number of hydrogen-bond acceptors (Lipinski definition) is 0. The van der Waals surface area contributed by atoms with Crippen LogP contribution in [0.3, 0.4) is 0 Å². The van der Waals surface area contributed by atoms with Crippen molar-refractivity contribution >= 4 is 20.1 Å². The van der Waals surface area contributed by atoms with Gasteiger partial charge in [-0.2, -0.15) is 0 Å². The van der Waals surface area contributed by atoms with Gasteiger partial charge in [-0.3, -0.25) is 0 Å². The van der Waals surface area contributed by atoms with Crippen molar-refractivity contribution in [2.24, 2.45) is 0 Å². The molecule has 1 radical (unpaired) electrons. The molecule has 0 saturated heterocycles. The first-order valence-electron chi connectivity index (χ1n) is 1.67. The van der Waals surface area contributed by atoms with Crippen LogP contribution in [0.4, 0.5) is 0 Å². The third-order valence-corrected chi connectivity index (χ3v) is 0.556. The third kappa shape index (κ3) is 0.504. The fourth-order valence-electron chi connectivity index (χ4n) is 0.321. The first-order chi connectivity index (χ1) is 2.50. The van der Waals surface area contributed by atoms with Crippen LogP contribution in [0.5, 0.6) is 0 Å². The summed E-state index contributed by atoms with van der Waals surface area (Å²) in [7, 11) is 2.00. The van der Waals surface area contributed by atoms with Crippen LogP contribution >= 0.6 is 0 Å². The standard InChI is InChI=1S/C3H3B2/c1-2-5-3-4-1/h1-3H. The van der Waals surface area contributed by atoms with E-state index in [1.54, 1.807) is 0 Å². The molecule has 0 aromatic rings. The zero-order chi connectivity index (χ0) is 3.54. The number of rotatable bonds is 0. The molecule has 0 nitrogen and oxygen atoms in total. The number of hydrogen-bond donors (Lipinski definition) is 0. The van der Waals surface area contributed by atoms with Gasteiger partial charge in [0.1, 0.15) is 0 Å². The molecule has 0 fully saturated rings. The predicted molar refractivity (Wildman–Crippen MR) is 26.7 cm³/mol. The van der Waals surface area contributed by atoms with Gasteiger partial charge in [-0.05, 0) is 0 Å². The molecule has 1 aliphatic heterocycles. The second-order valence-corrected chi connectivity index (χ2v) is 0.962. The van der Waals surface area contributed by atoms with Gasteiger partial charge >= 0.3 is 32.0 Å². The van der Waals surface area contributed by atoms with E-state index in [-0.39, 0.29) is 0 Å². The quantitative estimate of drug-likeness (QED) is 0.335. The molecule has 0 atom stereocenters. The molecule has 0 saturated carbocycles. The second kappa shape index (κ2) is 1.25. The van der Waals surface area contributed by atoms with Crippen LogP contribution in [-0.2, 0) is 0 Å². The Morgan fingerprint density at radius 2 is 2.20 bits per heavy atom. The van der Waals surface area contributed by atoms with Crippen LogP contribution in [0.25, 0.3) is 0 Å². The van der Waals surface area contributed by atoms with Gasteiger partial charge in [0, 0.05) is 0 Å². The van der Waals surface area contributed by atoms with Gasteiger partial charge in [-0.1, -0.05) is 0 Å². The van der Waals surface area contributed by atoms with Crippen LogP contribution in [-0.4, -0.2) is 20.1 Å². The summed E-state index contributed by atoms with van der Waals surface area (Å²) in [6, 6.07) is 0. The van der Waals surface area contributed by atoms with Gasteiger partial charge in [0.2, 0.25) is 0 Å². The summed E-state index contributed by atoms with van der Waals surface area (Å²) in [6.45, 7) is 2.00. The molecule has 0 unspecified atom stereocenters. The maximum absolute atomic E-state index is 2.00. The van der Waals surface area contributed by atoms with Gasteiger partial charge in [0.15, 0.2) is 0 Å². The van der Waals surface area contributed by atoms with Gasteiger partial charge < -0.3 is 0 Å². The van der Waals surface area contributed by atoms with Crippen molar-refractivity contribution in [3.63, 3.8) is 0 Å². The van der Waals surface area contributed by atoms with Crippen LogP contribution in [0, 0.1) is 0 Å². The van der Waals surface area contributed by atoms with Gasteiger partial charge in [0.25, 0.3) is 0 Å². The molecule has 1 aliphatic rings. The zero-order valence-corrected chi connectivity index (χ0v) is 2.89. The molecule has 0 aromatic carbocycles. The van der Waals surface area contributed by atoms with E-state index in [2.05, 4.69) is 0 Å². The van der Waals surface area contributed by atoms with E-state index < -0.39 is 0 Å². The van der Waals surface area contributed by atoms with Crippen LogP contribution in [0.2, 0.25) is 0 Å². The van der Waals surface area contributed by atoms with Gasteiger partial charge in [-0.25, -0.2) is 0 Å². The van der Waals surface area contributed by atoms with E-state index >= 15 is 0 Å². The van der Waals surface area contributed by atoms with E-state index in [0.717, 1.165) is 0 Å². The van der Waals surface area contributed by atoms with Gasteiger partial charge in [0.05, 0.1) is 0 Å². The predicted octanol–water partition coefficient (Wildman–Crippen LogP) is -0.361. The van der Waals surface area contributed by atoms with Crippen molar-refractivity contribution in [3.05, 3.63) is 12.0 Å². The molecular formula is C3H3B2. The van der Waals surface area contributed by atoms with Crippen molar-refractivity contribution in [1.82, 2.24) is 0 Å². The van der Waals surface area contributed by atoms with Gasteiger partial charge in [-0.15, -0.1) is 0 Å². The first kappa shape index (κ1) is 2.95. The Bertz CT molecular complexity index is 63.0. The Balaban J connectivity index is 2.61. The zero-order valence-electron chi connectivity index (χ0n) is 2.89. The average Bonchev–Trinajstić information content (AvgIpc) is 1.76. The van der Waals surface area contributed by atoms with Crippen molar-refractivity contribution in [1.29, 1.82) is 0 Å². The van der Waals surface area contributed by atoms with Crippen molar-refractivity contribution < 1.29 is 0 Å². The molecule has 0 N–H and O–H groups in total. The summed E-state index contributed by atoms with van der Waals surface area (Å²) in [5.41, 5.74) is 0. The van der Waals surface area contributed by atoms with Crippen LogP contribution < -0.4 is 0 Å². The molecule has 0 aromatic heterocycles. The van der Waals surface area contributed by atoms with E-state index in [0.29, 0.717) is 0 Å². The van der Waals surface area contributed by atoms with E-state index in [4.69, 9.17) is 0 Å². The molecule has 0 aliphatic carbocycles. The Hall–Kier alpha value is -0.260. The maximum atomic E-state index is 2.00. The SMILES string of the molecule is [B]1C=BC=C1. The molecule has 5 heavy (non-hydrogen) atoms. The molecule has 0 spiro atoms. The minimum absolute atomic E-state index is 2.00. The van der Waals surface area contributed by atoms with E-state index in [1.807, 2.05) is 32.0 Å². The van der Waals surface area contributed by atoms with Crippen LogP contribution in [0.15, 0.2) is 12.0 Å². The minimum atomic E-state index is 2.00. The van der Waals surface area contributed by atoms with E-state index in [1.165, 1.54) is 0 Å². The molecule has 2 heteroatoms.